The Balaban J connectivity index is 1.73. The van der Waals surface area contributed by atoms with Crippen molar-refractivity contribution < 1.29 is 4.74 Å². The number of aromatic nitrogens is 1. The third-order valence-electron chi connectivity index (χ3n) is 4.58. The molecule has 0 spiro atoms. The highest BCUT2D eigenvalue weighted by atomic mass is 32.1. The number of hydrazone groups is 1. The quantitative estimate of drug-likeness (QED) is 0.162. The number of amidine groups is 1. The standard InChI is InChI=1S/C24H30N4OS/c1-3-5-6-7-8-11-18-25-28-23(24-27-21-12-9-10-13-22(21)30-24)26-19-14-16-20(17-15-19)29-4-2/h9-10,12-18H,3-8,11H2,1-2H3,(H,26,28)/b25-18+. The van der Waals surface area contributed by atoms with Crippen LogP contribution in [0.1, 0.15) is 57.4 Å². The number of hydrogen-bond acceptors (Lipinski definition) is 5. The molecule has 0 saturated heterocycles. The number of thiazole rings is 1. The molecule has 0 aliphatic heterocycles. The van der Waals surface area contributed by atoms with E-state index >= 15 is 0 Å². The van der Waals surface area contributed by atoms with Crippen molar-refractivity contribution in [1.82, 2.24) is 10.4 Å². The van der Waals surface area contributed by atoms with Gasteiger partial charge >= 0.3 is 0 Å². The summed E-state index contributed by atoms with van der Waals surface area (Å²) in [5.74, 6) is 1.50. The van der Waals surface area contributed by atoms with Crippen LogP contribution in [0.4, 0.5) is 5.69 Å². The molecule has 0 aliphatic rings. The number of benzene rings is 2. The van der Waals surface area contributed by atoms with Gasteiger partial charge in [0.25, 0.3) is 0 Å². The van der Waals surface area contributed by atoms with E-state index in [1.807, 2.05) is 55.6 Å². The molecule has 30 heavy (non-hydrogen) atoms. The average Bonchev–Trinajstić information content (AvgIpc) is 3.20. The number of fused-ring (bicyclic) bond motifs is 1. The smallest absolute Gasteiger partial charge is 0.183 e. The second kappa shape index (κ2) is 12.1. The van der Waals surface area contributed by atoms with Gasteiger partial charge in [-0.25, -0.2) is 9.98 Å². The van der Waals surface area contributed by atoms with Gasteiger partial charge in [-0.1, -0.05) is 44.7 Å². The van der Waals surface area contributed by atoms with Gasteiger partial charge in [0.1, 0.15) is 5.75 Å². The van der Waals surface area contributed by atoms with Crippen LogP contribution in [0.3, 0.4) is 0 Å². The first kappa shape index (κ1) is 22.0. The lowest BCUT2D eigenvalue weighted by atomic mass is 10.1. The van der Waals surface area contributed by atoms with Gasteiger partial charge < -0.3 is 4.74 Å². The number of nitrogens with one attached hydrogen (secondary N) is 1. The van der Waals surface area contributed by atoms with Crippen LogP contribution >= 0.6 is 11.3 Å². The first-order valence-electron chi connectivity index (χ1n) is 10.7. The lowest BCUT2D eigenvalue weighted by Gasteiger charge is -2.05. The fourth-order valence-corrected chi connectivity index (χ4v) is 3.92. The maximum absolute atomic E-state index is 5.52. The molecular formula is C24H30N4OS. The largest absolute Gasteiger partial charge is 0.494 e. The number of rotatable bonds is 11. The summed E-state index contributed by atoms with van der Waals surface area (Å²) in [7, 11) is 0. The molecule has 0 aliphatic carbocycles. The van der Waals surface area contributed by atoms with E-state index in [2.05, 4.69) is 23.5 Å². The normalized spacial score (nSPS) is 12.0. The second-order valence-corrected chi connectivity index (χ2v) is 8.03. The minimum atomic E-state index is 0.647. The molecule has 0 radical (unpaired) electrons. The summed E-state index contributed by atoms with van der Waals surface area (Å²) >= 11 is 1.61. The van der Waals surface area contributed by atoms with E-state index < -0.39 is 0 Å². The SMILES string of the molecule is CCCCCCC/C=N/NC(=Nc1ccc(OCC)cc1)c1nc2ccccc2s1. The Kier molecular flexibility index (Phi) is 8.84. The number of aliphatic imine (C=N–C) groups is 1. The maximum Gasteiger partial charge on any atom is 0.183 e. The first-order valence-corrected chi connectivity index (χ1v) is 11.6. The molecule has 5 nitrogen and oxygen atoms in total. The molecule has 1 heterocycles. The van der Waals surface area contributed by atoms with Crippen molar-refractivity contribution in [3.63, 3.8) is 0 Å². The van der Waals surface area contributed by atoms with E-state index in [1.165, 1.54) is 25.7 Å². The molecule has 0 amide bonds. The van der Waals surface area contributed by atoms with Crippen LogP contribution in [0.5, 0.6) is 5.75 Å². The molecule has 0 atom stereocenters. The molecule has 3 aromatic rings. The van der Waals surface area contributed by atoms with E-state index in [0.29, 0.717) is 12.4 Å². The number of ether oxygens (including phenoxy) is 1. The van der Waals surface area contributed by atoms with Gasteiger partial charge in [-0.05, 0) is 56.2 Å². The van der Waals surface area contributed by atoms with Crippen molar-refractivity contribution in [2.75, 3.05) is 6.61 Å². The summed E-state index contributed by atoms with van der Waals surface area (Å²) in [6.45, 7) is 4.86. The predicted octanol–water partition coefficient (Wildman–Crippen LogP) is 6.71. The van der Waals surface area contributed by atoms with E-state index in [-0.39, 0.29) is 0 Å². The van der Waals surface area contributed by atoms with E-state index in [0.717, 1.165) is 39.5 Å². The highest BCUT2D eigenvalue weighted by Gasteiger charge is 2.10. The van der Waals surface area contributed by atoms with Crippen LogP contribution in [0.25, 0.3) is 10.2 Å². The fourth-order valence-electron chi connectivity index (χ4n) is 3.02. The van der Waals surface area contributed by atoms with E-state index in [9.17, 15) is 0 Å². The zero-order valence-electron chi connectivity index (χ0n) is 17.8. The molecule has 3 rings (SSSR count). The third-order valence-corrected chi connectivity index (χ3v) is 5.63. The lowest BCUT2D eigenvalue weighted by Crippen LogP contribution is -2.18. The Morgan fingerprint density at radius 2 is 1.83 bits per heavy atom. The number of para-hydroxylation sites is 1. The van der Waals surface area contributed by atoms with Gasteiger partial charge in [0.15, 0.2) is 10.8 Å². The molecule has 0 bridgehead atoms. The van der Waals surface area contributed by atoms with Crippen LogP contribution in [0, 0.1) is 0 Å². The molecule has 0 saturated carbocycles. The molecule has 0 unspecified atom stereocenters. The van der Waals surface area contributed by atoms with Gasteiger partial charge in [0.2, 0.25) is 0 Å². The molecule has 1 aromatic heterocycles. The summed E-state index contributed by atoms with van der Waals surface area (Å²) in [6, 6.07) is 15.9. The van der Waals surface area contributed by atoms with Gasteiger partial charge in [0.05, 0.1) is 22.5 Å². The lowest BCUT2D eigenvalue weighted by molar-refractivity contribution is 0.340. The summed E-state index contributed by atoms with van der Waals surface area (Å²) < 4.78 is 6.65. The highest BCUT2D eigenvalue weighted by Crippen LogP contribution is 2.24. The summed E-state index contributed by atoms with van der Waals surface area (Å²) in [6.07, 6.45) is 9.20. The second-order valence-electron chi connectivity index (χ2n) is 7.00. The zero-order chi connectivity index (χ0) is 21.0. The Labute approximate surface area is 182 Å². The minimum absolute atomic E-state index is 0.647. The third kappa shape index (κ3) is 6.66. The van der Waals surface area contributed by atoms with E-state index in [1.54, 1.807) is 11.3 Å². The van der Waals surface area contributed by atoms with Crippen LogP contribution < -0.4 is 10.2 Å². The van der Waals surface area contributed by atoms with Crippen molar-refractivity contribution in [2.45, 2.75) is 52.4 Å². The van der Waals surface area contributed by atoms with Crippen LogP contribution in [0.15, 0.2) is 58.6 Å². The predicted molar refractivity (Wildman–Crippen MR) is 128 cm³/mol. The maximum atomic E-state index is 5.52. The number of nitrogens with zero attached hydrogens (tertiary/aromatic N) is 3. The number of unbranched alkanes of at least 4 members (excludes halogenated alkanes) is 5. The highest BCUT2D eigenvalue weighted by molar-refractivity contribution is 7.20. The van der Waals surface area contributed by atoms with Gasteiger partial charge in [-0.15, -0.1) is 11.3 Å². The minimum Gasteiger partial charge on any atom is -0.494 e. The van der Waals surface area contributed by atoms with Gasteiger partial charge in [0, 0.05) is 6.21 Å². The number of hydrogen-bond donors (Lipinski definition) is 1. The molecule has 158 valence electrons. The topological polar surface area (TPSA) is 58.9 Å². The molecule has 1 N–H and O–H groups in total. The zero-order valence-corrected chi connectivity index (χ0v) is 18.6. The Morgan fingerprint density at radius 1 is 1.03 bits per heavy atom. The van der Waals surface area contributed by atoms with Crippen molar-refractivity contribution in [2.24, 2.45) is 10.1 Å². The van der Waals surface area contributed by atoms with Crippen molar-refractivity contribution in [1.29, 1.82) is 0 Å². The van der Waals surface area contributed by atoms with Crippen LogP contribution in [0.2, 0.25) is 0 Å². The van der Waals surface area contributed by atoms with E-state index in [4.69, 9.17) is 14.7 Å². The first-order chi connectivity index (χ1) is 14.8. The Bertz CT molecular complexity index is 930. The van der Waals surface area contributed by atoms with Crippen molar-refractivity contribution >= 4 is 39.3 Å². The molecule has 2 aromatic carbocycles. The van der Waals surface area contributed by atoms with Crippen molar-refractivity contribution in [3.8, 4) is 5.75 Å². The summed E-state index contributed by atoms with van der Waals surface area (Å²) in [5.41, 5.74) is 4.92. The average molecular weight is 423 g/mol. The summed E-state index contributed by atoms with van der Waals surface area (Å²) in [5, 5.41) is 5.24. The Hall–Kier alpha value is -2.73. The monoisotopic (exact) mass is 422 g/mol. The molecule has 0 fully saturated rings. The van der Waals surface area contributed by atoms with Gasteiger partial charge in [-0.3, -0.25) is 5.43 Å². The summed E-state index contributed by atoms with van der Waals surface area (Å²) in [4.78, 5) is 9.50. The van der Waals surface area contributed by atoms with Crippen LogP contribution in [-0.4, -0.2) is 23.6 Å². The fraction of sp³-hybridized carbons (Fsp3) is 0.375. The Morgan fingerprint density at radius 3 is 2.60 bits per heavy atom. The van der Waals surface area contributed by atoms with Gasteiger partial charge in [-0.2, -0.15) is 5.10 Å². The van der Waals surface area contributed by atoms with Crippen LogP contribution in [-0.2, 0) is 0 Å². The molecule has 6 heteroatoms. The molecular weight excluding hydrogens is 392 g/mol. The van der Waals surface area contributed by atoms with Crippen molar-refractivity contribution in [3.05, 3.63) is 53.5 Å².